The van der Waals surface area contributed by atoms with Crippen LogP contribution in [0.2, 0.25) is 0 Å². The third-order valence-corrected chi connectivity index (χ3v) is 4.44. The van der Waals surface area contributed by atoms with Crippen molar-refractivity contribution in [1.29, 1.82) is 0 Å². The molecule has 29 heavy (non-hydrogen) atoms. The van der Waals surface area contributed by atoms with E-state index in [4.69, 9.17) is 18.9 Å². The molecule has 1 atom stereocenters. The second-order valence-electron chi connectivity index (χ2n) is 6.63. The lowest BCUT2D eigenvalue weighted by atomic mass is 10.2. The molecule has 0 bridgehead atoms. The number of nitrogens with zero attached hydrogens (tertiary/aromatic N) is 1. The zero-order chi connectivity index (χ0) is 20.6. The molecule has 0 spiro atoms. The van der Waals surface area contributed by atoms with Gasteiger partial charge in [0.15, 0.2) is 0 Å². The van der Waals surface area contributed by atoms with E-state index in [0.717, 1.165) is 29.3 Å². The Morgan fingerprint density at radius 1 is 1.10 bits per heavy atom. The monoisotopic (exact) mass is 397 g/mol. The van der Waals surface area contributed by atoms with Gasteiger partial charge in [-0.05, 0) is 49.8 Å². The summed E-state index contributed by atoms with van der Waals surface area (Å²) in [6.45, 7) is 5.49. The number of para-hydroxylation sites is 2. The number of carbonyl (C=O) groups is 1. The zero-order valence-electron chi connectivity index (χ0n) is 17.1. The number of hydrogen-bond acceptors (Lipinski definition) is 6. The van der Waals surface area contributed by atoms with Gasteiger partial charge < -0.3 is 23.8 Å². The fraction of sp³-hybridized carbons (Fsp3) is 0.348. The van der Waals surface area contributed by atoms with E-state index < -0.39 is 5.97 Å². The van der Waals surface area contributed by atoms with Crippen LogP contribution < -0.4 is 14.4 Å². The van der Waals surface area contributed by atoms with E-state index in [2.05, 4.69) is 11.9 Å². The van der Waals surface area contributed by atoms with Crippen LogP contribution in [-0.4, -0.2) is 45.5 Å². The zero-order valence-corrected chi connectivity index (χ0v) is 17.1. The molecular weight excluding hydrogens is 370 g/mol. The summed E-state index contributed by atoms with van der Waals surface area (Å²) >= 11 is 0. The minimum Gasteiger partial charge on any atom is -0.490 e. The van der Waals surface area contributed by atoms with Crippen LogP contribution in [0.1, 0.15) is 19.4 Å². The molecular formula is C23H27NO5. The predicted octanol–water partition coefficient (Wildman–Crippen LogP) is 3.90. The molecule has 0 aromatic heterocycles. The third kappa shape index (κ3) is 5.44. The minimum atomic E-state index is -0.464. The topological polar surface area (TPSA) is 57.2 Å². The van der Waals surface area contributed by atoms with Crippen LogP contribution in [0.25, 0.3) is 6.08 Å². The highest BCUT2D eigenvalue weighted by Gasteiger charge is 2.23. The van der Waals surface area contributed by atoms with Crippen LogP contribution in [-0.2, 0) is 14.3 Å². The molecule has 1 aliphatic rings. The summed E-state index contributed by atoms with van der Waals surface area (Å²) < 4.78 is 22.3. The van der Waals surface area contributed by atoms with Crippen molar-refractivity contribution in [2.45, 2.75) is 20.0 Å². The van der Waals surface area contributed by atoms with E-state index in [-0.39, 0.29) is 11.9 Å². The minimum absolute atomic E-state index is 0.0529. The number of carbonyl (C=O) groups excluding carboxylic acids is 1. The lowest BCUT2D eigenvalue weighted by Gasteiger charge is -2.33. The van der Waals surface area contributed by atoms with Crippen molar-refractivity contribution in [3.8, 4) is 11.5 Å². The van der Waals surface area contributed by atoms with E-state index in [1.165, 1.54) is 0 Å². The van der Waals surface area contributed by atoms with Crippen LogP contribution in [0.5, 0.6) is 11.5 Å². The van der Waals surface area contributed by atoms with Gasteiger partial charge in [-0.1, -0.05) is 24.3 Å². The summed E-state index contributed by atoms with van der Waals surface area (Å²) in [4.78, 5) is 14.1. The second-order valence-corrected chi connectivity index (χ2v) is 6.63. The normalized spacial score (nSPS) is 15.9. The Balaban J connectivity index is 1.59. The molecule has 0 saturated carbocycles. The molecule has 1 unspecified atom stereocenters. The van der Waals surface area contributed by atoms with Gasteiger partial charge in [0.05, 0.1) is 25.4 Å². The molecule has 1 aliphatic heterocycles. The summed E-state index contributed by atoms with van der Waals surface area (Å²) in [5.41, 5.74) is 1.92. The number of likely N-dealkylation sites (N-methyl/N-ethyl adjacent to an activating group) is 1. The first-order valence-corrected chi connectivity index (χ1v) is 9.82. The Morgan fingerprint density at radius 2 is 1.83 bits per heavy atom. The first kappa shape index (κ1) is 20.6. The molecule has 6 heteroatoms. The molecule has 0 aliphatic carbocycles. The van der Waals surface area contributed by atoms with Crippen LogP contribution in [0.4, 0.5) is 5.69 Å². The molecule has 6 nitrogen and oxygen atoms in total. The molecule has 2 aromatic carbocycles. The molecule has 0 N–H and O–H groups in total. The van der Waals surface area contributed by atoms with Crippen LogP contribution in [0.3, 0.4) is 0 Å². The van der Waals surface area contributed by atoms with E-state index in [9.17, 15) is 4.79 Å². The largest absolute Gasteiger partial charge is 0.490 e. The lowest BCUT2D eigenvalue weighted by molar-refractivity contribution is -0.142. The Bertz CT molecular complexity index is 847. The molecule has 3 rings (SSSR count). The summed E-state index contributed by atoms with van der Waals surface area (Å²) in [6, 6.07) is 15.5. The van der Waals surface area contributed by atoms with Gasteiger partial charge in [0.1, 0.15) is 24.2 Å². The number of hydrogen-bond donors (Lipinski definition) is 0. The number of rotatable bonds is 8. The summed E-state index contributed by atoms with van der Waals surface area (Å²) in [5.74, 6) is 1.34. The van der Waals surface area contributed by atoms with Crippen molar-refractivity contribution in [1.82, 2.24) is 0 Å². The molecule has 0 saturated heterocycles. The van der Waals surface area contributed by atoms with Gasteiger partial charge in [0, 0.05) is 7.05 Å². The Hall–Kier alpha value is -3.15. The fourth-order valence-corrected chi connectivity index (χ4v) is 3.10. The van der Waals surface area contributed by atoms with Gasteiger partial charge in [-0.2, -0.15) is 0 Å². The van der Waals surface area contributed by atoms with E-state index >= 15 is 0 Å². The second kappa shape index (κ2) is 9.87. The summed E-state index contributed by atoms with van der Waals surface area (Å²) in [6.07, 6.45) is 1.62. The quantitative estimate of drug-likeness (QED) is 0.383. The summed E-state index contributed by atoms with van der Waals surface area (Å²) in [7, 11) is 2.05. The number of ether oxygens (including phenoxy) is 4. The van der Waals surface area contributed by atoms with Crippen molar-refractivity contribution in [2.24, 2.45) is 0 Å². The maximum Gasteiger partial charge on any atom is 0.373 e. The van der Waals surface area contributed by atoms with Crippen molar-refractivity contribution in [3.05, 3.63) is 59.9 Å². The number of benzene rings is 2. The smallest absolute Gasteiger partial charge is 0.373 e. The van der Waals surface area contributed by atoms with Gasteiger partial charge in [0.25, 0.3) is 0 Å². The standard InChI is InChI=1S/C23H27NO5/c1-4-26-22(23(25)27-5-2)14-17-10-12-18(13-11-17)28-16-19-15-24(3)20-8-6-7-9-21(20)29-19/h6-14,19H,4-5,15-16H2,1-3H3/b22-14-. The average Bonchev–Trinajstić information content (AvgIpc) is 2.73. The average molecular weight is 397 g/mol. The molecule has 154 valence electrons. The van der Waals surface area contributed by atoms with E-state index in [1.54, 1.807) is 13.0 Å². The molecule has 0 radical (unpaired) electrons. The Labute approximate surface area is 171 Å². The SMILES string of the molecule is CCOC(=O)/C(=C/c1ccc(OCC2CN(C)c3ccccc3O2)cc1)OCC. The lowest BCUT2D eigenvalue weighted by Crippen LogP contribution is -2.41. The van der Waals surface area contributed by atoms with Crippen LogP contribution >= 0.6 is 0 Å². The first-order chi connectivity index (χ1) is 14.1. The summed E-state index contributed by atoms with van der Waals surface area (Å²) in [5, 5.41) is 0. The number of esters is 1. The van der Waals surface area contributed by atoms with E-state index in [0.29, 0.717) is 19.8 Å². The van der Waals surface area contributed by atoms with Gasteiger partial charge in [-0.15, -0.1) is 0 Å². The van der Waals surface area contributed by atoms with Crippen molar-refractivity contribution in [3.63, 3.8) is 0 Å². The highest BCUT2D eigenvalue weighted by Crippen LogP contribution is 2.32. The highest BCUT2D eigenvalue weighted by molar-refractivity contribution is 5.91. The molecule has 1 heterocycles. The van der Waals surface area contributed by atoms with Crippen molar-refractivity contribution >= 4 is 17.7 Å². The predicted molar refractivity (Wildman–Crippen MR) is 112 cm³/mol. The molecule has 2 aromatic rings. The van der Waals surface area contributed by atoms with Crippen molar-refractivity contribution in [2.75, 3.05) is 38.3 Å². The highest BCUT2D eigenvalue weighted by atomic mass is 16.6. The van der Waals surface area contributed by atoms with Gasteiger partial charge in [-0.25, -0.2) is 4.79 Å². The Kier molecular flexibility index (Phi) is 7.00. The van der Waals surface area contributed by atoms with E-state index in [1.807, 2.05) is 55.5 Å². The van der Waals surface area contributed by atoms with Crippen LogP contribution in [0, 0.1) is 0 Å². The number of fused-ring (bicyclic) bond motifs is 1. The number of anilines is 1. The van der Waals surface area contributed by atoms with Crippen molar-refractivity contribution < 1.29 is 23.7 Å². The maximum atomic E-state index is 11.9. The third-order valence-electron chi connectivity index (χ3n) is 4.44. The maximum absolute atomic E-state index is 11.9. The Morgan fingerprint density at radius 3 is 2.55 bits per heavy atom. The molecule has 0 fully saturated rings. The van der Waals surface area contributed by atoms with Gasteiger partial charge in [0.2, 0.25) is 5.76 Å². The van der Waals surface area contributed by atoms with Crippen LogP contribution in [0.15, 0.2) is 54.3 Å². The van der Waals surface area contributed by atoms with Gasteiger partial charge >= 0.3 is 5.97 Å². The van der Waals surface area contributed by atoms with Gasteiger partial charge in [-0.3, -0.25) is 0 Å². The first-order valence-electron chi connectivity index (χ1n) is 9.82. The fourth-order valence-electron chi connectivity index (χ4n) is 3.10. The molecule has 0 amide bonds.